The molecule has 1 aromatic carbocycles. The molecule has 2 heterocycles. The van der Waals surface area contributed by atoms with Crippen LogP contribution in [0.2, 0.25) is 0 Å². The number of imidazole rings is 1. The Hall–Kier alpha value is -2.30. The van der Waals surface area contributed by atoms with Crippen LogP contribution in [0.3, 0.4) is 0 Å². The van der Waals surface area contributed by atoms with Crippen molar-refractivity contribution in [3.05, 3.63) is 47.0 Å². The Morgan fingerprint density at radius 1 is 1.33 bits per heavy atom. The molecular formula is C16H20N4O. The number of aryl methyl sites for hydroxylation is 1. The van der Waals surface area contributed by atoms with Gasteiger partial charge in [0.15, 0.2) is 0 Å². The quantitative estimate of drug-likeness (QED) is 0.937. The average Bonchev–Trinajstić information content (AvgIpc) is 2.81. The van der Waals surface area contributed by atoms with Gasteiger partial charge in [0.1, 0.15) is 5.82 Å². The van der Waals surface area contributed by atoms with Crippen molar-refractivity contribution in [3.8, 4) is 0 Å². The highest BCUT2D eigenvalue weighted by Gasteiger charge is 2.21. The van der Waals surface area contributed by atoms with Crippen LogP contribution in [0.15, 0.2) is 24.4 Å². The summed E-state index contributed by atoms with van der Waals surface area (Å²) in [7, 11) is 3.86. The molecule has 0 saturated heterocycles. The minimum Gasteiger partial charge on any atom is -0.379 e. The molecule has 1 aliphatic rings. The Labute approximate surface area is 124 Å². The van der Waals surface area contributed by atoms with E-state index in [1.165, 1.54) is 0 Å². The monoisotopic (exact) mass is 284 g/mol. The lowest BCUT2D eigenvalue weighted by Crippen LogP contribution is -2.34. The predicted octanol–water partition coefficient (Wildman–Crippen LogP) is 1.97. The van der Waals surface area contributed by atoms with E-state index in [1.807, 2.05) is 39.3 Å². The molecule has 0 spiro atoms. The number of carbonyl (C=O) groups excluding carboxylic acids is 1. The maximum Gasteiger partial charge on any atom is 0.253 e. The zero-order valence-electron chi connectivity index (χ0n) is 12.7. The average molecular weight is 284 g/mol. The second-order valence-corrected chi connectivity index (χ2v) is 5.56. The number of amides is 1. The molecule has 0 aliphatic carbocycles. The topological polar surface area (TPSA) is 50.2 Å². The molecule has 1 amide bonds. The summed E-state index contributed by atoms with van der Waals surface area (Å²) in [5.74, 6) is 1.10. The lowest BCUT2D eigenvalue weighted by atomic mass is 9.99. The zero-order valence-corrected chi connectivity index (χ0v) is 12.7. The fourth-order valence-corrected chi connectivity index (χ4v) is 2.60. The predicted molar refractivity (Wildman–Crippen MR) is 82.4 cm³/mol. The van der Waals surface area contributed by atoms with Crippen LogP contribution in [0.25, 0.3) is 0 Å². The number of anilines is 1. The highest BCUT2D eigenvalue weighted by atomic mass is 16.2. The third-order valence-corrected chi connectivity index (χ3v) is 4.19. The molecule has 5 heteroatoms. The van der Waals surface area contributed by atoms with Gasteiger partial charge < -0.3 is 14.8 Å². The van der Waals surface area contributed by atoms with E-state index in [1.54, 1.807) is 4.90 Å². The molecule has 0 saturated carbocycles. The van der Waals surface area contributed by atoms with E-state index in [9.17, 15) is 4.79 Å². The Morgan fingerprint density at radius 2 is 2.14 bits per heavy atom. The third-order valence-electron chi connectivity index (χ3n) is 4.19. The van der Waals surface area contributed by atoms with Crippen molar-refractivity contribution in [1.82, 2.24) is 14.5 Å². The van der Waals surface area contributed by atoms with Crippen molar-refractivity contribution < 1.29 is 4.79 Å². The number of hydrogen-bond acceptors (Lipinski definition) is 3. The normalized spacial score (nSPS) is 14.2. The minimum absolute atomic E-state index is 0.108. The summed E-state index contributed by atoms with van der Waals surface area (Å²) >= 11 is 0. The van der Waals surface area contributed by atoms with E-state index in [-0.39, 0.29) is 5.91 Å². The molecule has 1 aromatic heterocycles. The number of benzene rings is 1. The Morgan fingerprint density at radius 3 is 2.86 bits per heavy atom. The van der Waals surface area contributed by atoms with Gasteiger partial charge >= 0.3 is 0 Å². The first-order valence-corrected chi connectivity index (χ1v) is 7.15. The van der Waals surface area contributed by atoms with E-state index in [4.69, 9.17) is 0 Å². The van der Waals surface area contributed by atoms with Crippen LogP contribution in [-0.4, -0.2) is 34.0 Å². The first-order valence-electron chi connectivity index (χ1n) is 7.15. The molecule has 21 heavy (non-hydrogen) atoms. The van der Waals surface area contributed by atoms with Gasteiger partial charge in [-0.15, -0.1) is 0 Å². The van der Waals surface area contributed by atoms with Gasteiger partial charge in [0.25, 0.3) is 5.91 Å². The first-order chi connectivity index (χ1) is 10.1. The van der Waals surface area contributed by atoms with Crippen molar-refractivity contribution in [1.29, 1.82) is 0 Å². The van der Waals surface area contributed by atoms with E-state index in [0.717, 1.165) is 41.3 Å². The van der Waals surface area contributed by atoms with Gasteiger partial charge in [-0.25, -0.2) is 4.98 Å². The van der Waals surface area contributed by atoms with Gasteiger partial charge in [0, 0.05) is 31.9 Å². The standard InChI is InChI=1S/C16H20N4O/c1-11-17-9-14(20(11)3)10-18-13-5-4-12-6-7-19(2)16(21)15(12)8-13/h4-5,8-9,18H,6-7,10H2,1-3H3. The lowest BCUT2D eigenvalue weighted by Gasteiger charge is -2.25. The van der Waals surface area contributed by atoms with E-state index in [2.05, 4.69) is 20.9 Å². The highest BCUT2D eigenvalue weighted by Crippen LogP contribution is 2.22. The lowest BCUT2D eigenvalue weighted by molar-refractivity contribution is 0.0781. The van der Waals surface area contributed by atoms with Crippen molar-refractivity contribution >= 4 is 11.6 Å². The number of hydrogen-bond donors (Lipinski definition) is 1. The summed E-state index contributed by atoms with van der Waals surface area (Å²) in [4.78, 5) is 18.2. The molecule has 0 bridgehead atoms. The molecule has 0 radical (unpaired) electrons. The van der Waals surface area contributed by atoms with Crippen LogP contribution in [0.4, 0.5) is 5.69 Å². The molecule has 110 valence electrons. The number of likely N-dealkylation sites (N-methyl/N-ethyl adjacent to an activating group) is 1. The molecule has 2 aromatic rings. The summed E-state index contributed by atoms with van der Waals surface area (Å²) in [5, 5.41) is 3.37. The van der Waals surface area contributed by atoms with Crippen LogP contribution in [0.5, 0.6) is 0 Å². The van der Waals surface area contributed by atoms with Crippen molar-refractivity contribution in [2.75, 3.05) is 18.9 Å². The summed E-state index contributed by atoms with van der Waals surface area (Å²) in [5.41, 5.74) is 4.04. The fourth-order valence-electron chi connectivity index (χ4n) is 2.60. The first kappa shape index (κ1) is 13.7. The summed E-state index contributed by atoms with van der Waals surface area (Å²) in [6.45, 7) is 3.48. The maximum absolute atomic E-state index is 12.2. The van der Waals surface area contributed by atoms with E-state index in [0.29, 0.717) is 6.54 Å². The van der Waals surface area contributed by atoms with Gasteiger partial charge in [0.2, 0.25) is 0 Å². The molecule has 3 rings (SSSR count). The second kappa shape index (κ2) is 5.24. The van der Waals surface area contributed by atoms with Crippen molar-refractivity contribution in [2.45, 2.75) is 19.9 Å². The minimum atomic E-state index is 0.108. The molecule has 0 fully saturated rings. The van der Waals surface area contributed by atoms with Crippen molar-refractivity contribution in [3.63, 3.8) is 0 Å². The SMILES string of the molecule is Cc1ncc(CNc2ccc3c(c2)C(=O)N(C)CC3)n1C. The van der Waals surface area contributed by atoms with Crippen LogP contribution >= 0.6 is 0 Å². The second-order valence-electron chi connectivity index (χ2n) is 5.56. The Bertz CT molecular complexity index is 690. The number of nitrogens with one attached hydrogen (secondary N) is 1. The molecule has 1 aliphatic heterocycles. The molecule has 0 unspecified atom stereocenters. The summed E-state index contributed by atoms with van der Waals surface area (Å²) in [6.07, 6.45) is 2.80. The third kappa shape index (κ3) is 2.51. The molecule has 5 nitrogen and oxygen atoms in total. The number of carbonyl (C=O) groups is 1. The fraction of sp³-hybridized carbons (Fsp3) is 0.375. The number of rotatable bonds is 3. The zero-order chi connectivity index (χ0) is 15.0. The van der Waals surface area contributed by atoms with Gasteiger partial charge in [-0.05, 0) is 31.0 Å². The molecule has 1 N–H and O–H groups in total. The number of nitrogens with zero attached hydrogens (tertiary/aromatic N) is 3. The number of fused-ring (bicyclic) bond motifs is 1. The van der Waals surface area contributed by atoms with Crippen LogP contribution in [0, 0.1) is 6.92 Å². The van der Waals surface area contributed by atoms with Crippen LogP contribution < -0.4 is 5.32 Å². The van der Waals surface area contributed by atoms with Crippen molar-refractivity contribution in [2.24, 2.45) is 7.05 Å². The largest absolute Gasteiger partial charge is 0.379 e. The Balaban J connectivity index is 1.78. The van der Waals surface area contributed by atoms with E-state index < -0.39 is 0 Å². The molecule has 0 atom stereocenters. The van der Waals surface area contributed by atoms with Gasteiger partial charge in [-0.1, -0.05) is 6.07 Å². The van der Waals surface area contributed by atoms with Crippen LogP contribution in [0.1, 0.15) is 27.4 Å². The van der Waals surface area contributed by atoms with E-state index >= 15 is 0 Å². The number of aromatic nitrogens is 2. The maximum atomic E-state index is 12.2. The smallest absolute Gasteiger partial charge is 0.253 e. The molecular weight excluding hydrogens is 264 g/mol. The highest BCUT2D eigenvalue weighted by molar-refractivity contribution is 5.97. The van der Waals surface area contributed by atoms with Gasteiger partial charge in [-0.3, -0.25) is 4.79 Å². The van der Waals surface area contributed by atoms with Gasteiger partial charge in [-0.2, -0.15) is 0 Å². The van der Waals surface area contributed by atoms with Crippen LogP contribution in [-0.2, 0) is 20.0 Å². The summed E-state index contributed by atoms with van der Waals surface area (Å²) < 4.78 is 2.06. The Kier molecular flexibility index (Phi) is 3.41. The van der Waals surface area contributed by atoms with Gasteiger partial charge in [0.05, 0.1) is 18.4 Å². The summed E-state index contributed by atoms with van der Waals surface area (Å²) in [6, 6.07) is 6.05.